The van der Waals surface area contributed by atoms with E-state index >= 15 is 0 Å². The lowest BCUT2D eigenvalue weighted by Gasteiger charge is -2.36. The van der Waals surface area contributed by atoms with E-state index in [2.05, 4.69) is 4.90 Å². The van der Waals surface area contributed by atoms with Crippen LogP contribution in [0.3, 0.4) is 0 Å². The van der Waals surface area contributed by atoms with Gasteiger partial charge in [0.05, 0.1) is 13.2 Å². The summed E-state index contributed by atoms with van der Waals surface area (Å²) in [6, 6.07) is 9.69. The first-order valence-electron chi connectivity index (χ1n) is 9.11. The minimum atomic E-state index is -0.204. The monoisotopic (exact) mass is 331 g/mol. The zero-order chi connectivity index (χ0) is 16.8. The molecule has 24 heavy (non-hydrogen) atoms. The number of carbonyl (C=O) groups excluding carboxylic acids is 1. The molecule has 2 fully saturated rings. The minimum absolute atomic E-state index is 0.191. The van der Waals surface area contributed by atoms with Gasteiger partial charge in [0, 0.05) is 45.2 Å². The zero-order valence-electron chi connectivity index (χ0n) is 14.4. The van der Waals surface area contributed by atoms with Crippen LogP contribution in [0.1, 0.15) is 30.9 Å². The number of benzene rings is 1. The quantitative estimate of drug-likeness (QED) is 0.891. The topological polar surface area (TPSA) is 58.8 Å². The average Bonchev–Trinajstić information content (AvgIpc) is 2.64. The molecule has 2 N–H and O–H groups in total. The molecule has 5 nitrogen and oxygen atoms in total. The maximum Gasteiger partial charge on any atom is 0.224 e. The number of amides is 1. The predicted octanol–water partition coefficient (Wildman–Crippen LogP) is 1.65. The average molecular weight is 331 g/mol. The van der Waals surface area contributed by atoms with Crippen molar-refractivity contribution in [2.24, 2.45) is 11.7 Å². The van der Waals surface area contributed by atoms with Crippen LogP contribution in [-0.2, 0) is 9.53 Å². The molecular formula is C19H29N3O2. The second kappa shape index (κ2) is 8.60. The molecule has 1 aromatic rings. The molecule has 3 rings (SSSR count). The fourth-order valence-electron chi connectivity index (χ4n) is 3.65. The third kappa shape index (κ3) is 4.79. The highest BCUT2D eigenvalue weighted by Gasteiger charge is 2.25. The molecule has 1 unspecified atom stereocenters. The fourth-order valence-corrected chi connectivity index (χ4v) is 3.65. The van der Waals surface area contributed by atoms with Crippen molar-refractivity contribution in [3.05, 3.63) is 35.9 Å². The van der Waals surface area contributed by atoms with Crippen molar-refractivity contribution < 1.29 is 9.53 Å². The van der Waals surface area contributed by atoms with Crippen LogP contribution in [0.4, 0.5) is 0 Å². The Balaban J connectivity index is 1.41. The van der Waals surface area contributed by atoms with E-state index in [0.717, 1.165) is 64.3 Å². The van der Waals surface area contributed by atoms with E-state index < -0.39 is 0 Å². The minimum Gasteiger partial charge on any atom is -0.379 e. The zero-order valence-corrected chi connectivity index (χ0v) is 14.4. The van der Waals surface area contributed by atoms with Crippen LogP contribution in [0.25, 0.3) is 0 Å². The van der Waals surface area contributed by atoms with Gasteiger partial charge in [0.1, 0.15) is 0 Å². The number of nitrogens with zero attached hydrogens (tertiary/aromatic N) is 2. The summed E-state index contributed by atoms with van der Waals surface area (Å²) in [6.07, 6.45) is 2.60. The molecule has 2 aliphatic heterocycles. The van der Waals surface area contributed by atoms with E-state index in [0.29, 0.717) is 12.3 Å². The van der Waals surface area contributed by atoms with Crippen molar-refractivity contribution in [1.82, 2.24) is 9.80 Å². The molecule has 2 aliphatic rings. The summed E-state index contributed by atoms with van der Waals surface area (Å²) < 4.78 is 5.40. The number of morpholine rings is 1. The molecule has 2 saturated heterocycles. The highest BCUT2D eigenvalue weighted by Crippen LogP contribution is 2.21. The fraction of sp³-hybridized carbons (Fsp3) is 0.632. The van der Waals surface area contributed by atoms with Gasteiger partial charge in [-0.3, -0.25) is 9.69 Å². The van der Waals surface area contributed by atoms with Crippen molar-refractivity contribution in [2.45, 2.75) is 25.3 Å². The summed E-state index contributed by atoms with van der Waals surface area (Å²) in [5, 5.41) is 0. The van der Waals surface area contributed by atoms with Crippen LogP contribution in [-0.4, -0.2) is 61.6 Å². The Labute approximate surface area is 144 Å². The molecule has 0 radical (unpaired) electrons. The lowest BCUT2D eigenvalue weighted by atomic mass is 9.95. The second-order valence-electron chi connectivity index (χ2n) is 6.96. The molecule has 132 valence electrons. The summed E-state index contributed by atoms with van der Waals surface area (Å²) in [5.74, 6) is 0.895. The van der Waals surface area contributed by atoms with Crippen molar-refractivity contribution in [3.63, 3.8) is 0 Å². The largest absolute Gasteiger partial charge is 0.379 e. The number of likely N-dealkylation sites (tertiary alicyclic amines) is 1. The van der Waals surface area contributed by atoms with Crippen LogP contribution >= 0.6 is 0 Å². The molecule has 0 bridgehead atoms. The number of hydrogen-bond donors (Lipinski definition) is 1. The third-order valence-electron chi connectivity index (χ3n) is 5.21. The molecule has 5 heteroatoms. The van der Waals surface area contributed by atoms with Crippen molar-refractivity contribution >= 4 is 5.91 Å². The van der Waals surface area contributed by atoms with Gasteiger partial charge in [0.15, 0.2) is 0 Å². The molecule has 0 spiro atoms. The molecule has 0 saturated carbocycles. The van der Waals surface area contributed by atoms with Gasteiger partial charge in [-0.25, -0.2) is 0 Å². The Morgan fingerprint density at radius 1 is 1.12 bits per heavy atom. The second-order valence-corrected chi connectivity index (χ2v) is 6.96. The van der Waals surface area contributed by atoms with Crippen molar-refractivity contribution in [3.8, 4) is 0 Å². The van der Waals surface area contributed by atoms with E-state index in [-0.39, 0.29) is 11.9 Å². The van der Waals surface area contributed by atoms with Crippen LogP contribution in [0, 0.1) is 5.92 Å². The number of ether oxygens (including phenoxy) is 1. The number of piperidine rings is 1. The van der Waals surface area contributed by atoms with Gasteiger partial charge in [-0.15, -0.1) is 0 Å². The number of rotatable bonds is 5. The summed E-state index contributed by atoms with van der Waals surface area (Å²) in [6.45, 7) is 6.69. The lowest BCUT2D eigenvalue weighted by Crippen LogP contribution is -2.44. The van der Waals surface area contributed by atoms with Gasteiger partial charge in [-0.2, -0.15) is 0 Å². The van der Waals surface area contributed by atoms with Crippen molar-refractivity contribution in [1.29, 1.82) is 0 Å². The first-order valence-corrected chi connectivity index (χ1v) is 9.11. The molecule has 1 amide bonds. The van der Waals surface area contributed by atoms with Gasteiger partial charge >= 0.3 is 0 Å². The maximum absolute atomic E-state index is 12.5. The molecular weight excluding hydrogens is 302 g/mol. The molecule has 0 aliphatic carbocycles. The van der Waals surface area contributed by atoms with E-state index in [1.54, 1.807) is 0 Å². The summed E-state index contributed by atoms with van der Waals surface area (Å²) in [7, 11) is 0. The Morgan fingerprint density at radius 2 is 1.79 bits per heavy atom. The van der Waals surface area contributed by atoms with E-state index in [1.165, 1.54) is 0 Å². The smallest absolute Gasteiger partial charge is 0.224 e. The first kappa shape index (κ1) is 17.4. The van der Waals surface area contributed by atoms with E-state index in [4.69, 9.17) is 10.5 Å². The molecule has 1 aromatic carbocycles. The van der Waals surface area contributed by atoms with Crippen molar-refractivity contribution in [2.75, 3.05) is 45.9 Å². The van der Waals surface area contributed by atoms with Crippen LogP contribution in [0.15, 0.2) is 30.3 Å². The van der Waals surface area contributed by atoms with E-state index in [1.807, 2.05) is 35.2 Å². The van der Waals surface area contributed by atoms with Gasteiger partial charge in [0.25, 0.3) is 0 Å². The van der Waals surface area contributed by atoms with E-state index in [9.17, 15) is 4.79 Å². The van der Waals surface area contributed by atoms with Crippen LogP contribution < -0.4 is 5.73 Å². The third-order valence-corrected chi connectivity index (χ3v) is 5.21. The summed E-state index contributed by atoms with van der Waals surface area (Å²) >= 11 is 0. The SMILES string of the molecule is NC(CC(=O)N1CCC(CN2CCOCC2)CC1)c1ccccc1. The van der Waals surface area contributed by atoms with Gasteiger partial charge in [0.2, 0.25) is 5.91 Å². The first-order chi connectivity index (χ1) is 11.7. The summed E-state index contributed by atoms with van der Waals surface area (Å²) in [4.78, 5) is 17.0. The highest BCUT2D eigenvalue weighted by molar-refractivity contribution is 5.77. The normalized spacial score (nSPS) is 21.6. The number of carbonyl (C=O) groups is 1. The number of nitrogens with two attached hydrogens (primary N) is 1. The Hall–Kier alpha value is -1.43. The Morgan fingerprint density at radius 3 is 2.46 bits per heavy atom. The lowest BCUT2D eigenvalue weighted by molar-refractivity contribution is -0.133. The van der Waals surface area contributed by atoms with Gasteiger partial charge < -0.3 is 15.4 Å². The Bertz CT molecular complexity index is 509. The highest BCUT2D eigenvalue weighted by atomic mass is 16.5. The Kier molecular flexibility index (Phi) is 6.24. The predicted molar refractivity (Wildman–Crippen MR) is 94.6 cm³/mol. The molecule has 2 heterocycles. The standard InChI is InChI=1S/C19H29N3O2/c20-18(17-4-2-1-3-5-17)14-19(23)22-8-6-16(7-9-22)15-21-10-12-24-13-11-21/h1-5,16,18H,6-15,20H2. The molecule has 1 atom stereocenters. The maximum atomic E-state index is 12.5. The molecule has 0 aromatic heterocycles. The van der Waals surface area contributed by atoms with Gasteiger partial charge in [-0.1, -0.05) is 30.3 Å². The number of hydrogen-bond acceptors (Lipinski definition) is 4. The van der Waals surface area contributed by atoms with Gasteiger partial charge in [-0.05, 0) is 24.3 Å². The van der Waals surface area contributed by atoms with Crippen LogP contribution in [0.2, 0.25) is 0 Å². The summed E-state index contributed by atoms with van der Waals surface area (Å²) in [5.41, 5.74) is 7.22. The van der Waals surface area contributed by atoms with Crippen LogP contribution in [0.5, 0.6) is 0 Å².